The molecule has 4 heteroatoms. The van der Waals surface area contributed by atoms with E-state index in [1.165, 1.54) is 38.5 Å². The Hall–Kier alpha value is -0.900. The van der Waals surface area contributed by atoms with Crippen molar-refractivity contribution in [1.29, 1.82) is 0 Å². The molecule has 4 nitrogen and oxygen atoms in total. The Morgan fingerprint density at radius 3 is 2.79 bits per heavy atom. The van der Waals surface area contributed by atoms with Crippen molar-refractivity contribution >= 4 is 0 Å². The number of piperidine rings is 1. The summed E-state index contributed by atoms with van der Waals surface area (Å²) in [7, 11) is 0. The average molecular weight is 263 g/mol. The average Bonchev–Trinajstić information content (AvgIpc) is 2.89. The van der Waals surface area contributed by atoms with Crippen LogP contribution in [0.1, 0.15) is 63.1 Å². The molecule has 3 rings (SSSR count). The van der Waals surface area contributed by atoms with Gasteiger partial charge in [-0.1, -0.05) is 24.9 Å². The van der Waals surface area contributed by atoms with E-state index in [0.717, 1.165) is 37.1 Å². The zero-order valence-electron chi connectivity index (χ0n) is 11.9. The van der Waals surface area contributed by atoms with Gasteiger partial charge < -0.3 is 9.84 Å². The third kappa shape index (κ3) is 3.35. The molecule has 1 atom stereocenters. The molecule has 1 aromatic rings. The molecule has 0 aromatic carbocycles. The van der Waals surface area contributed by atoms with Gasteiger partial charge in [0.25, 0.3) is 0 Å². The van der Waals surface area contributed by atoms with Gasteiger partial charge in [-0.3, -0.25) is 0 Å². The third-order valence-electron chi connectivity index (χ3n) is 4.73. The molecule has 0 spiro atoms. The van der Waals surface area contributed by atoms with E-state index in [4.69, 9.17) is 4.52 Å². The molecular formula is C15H25N3O. The Labute approximate surface area is 115 Å². The van der Waals surface area contributed by atoms with E-state index in [2.05, 4.69) is 22.4 Å². The topological polar surface area (TPSA) is 51.0 Å². The van der Waals surface area contributed by atoms with Gasteiger partial charge in [0.05, 0.1) is 0 Å². The maximum atomic E-state index is 5.46. The molecule has 1 N–H and O–H groups in total. The van der Waals surface area contributed by atoms with Crippen molar-refractivity contribution in [2.75, 3.05) is 13.1 Å². The SMILES string of the molecule is CC1CCC(c2noc(CC3CCCNC3)n2)CC1. The van der Waals surface area contributed by atoms with E-state index >= 15 is 0 Å². The largest absolute Gasteiger partial charge is 0.339 e. The number of hydrogen-bond acceptors (Lipinski definition) is 4. The normalized spacial score (nSPS) is 32.4. The maximum absolute atomic E-state index is 5.46. The van der Waals surface area contributed by atoms with Gasteiger partial charge in [0, 0.05) is 12.3 Å². The van der Waals surface area contributed by atoms with Crippen LogP contribution in [0.5, 0.6) is 0 Å². The fourth-order valence-corrected chi connectivity index (χ4v) is 3.38. The Balaban J connectivity index is 1.56. The van der Waals surface area contributed by atoms with Crippen LogP contribution in [-0.2, 0) is 6.42 Å². The predicted octanol–water partition coefficient (Wildman–Crippen LogP) is 2.91. The number of hydrogen-bond donors (Lipinski definition) is 1. The molecule has 1 aliphatic heterocycles. The van der Waals surface area contributed by atoms with Crippen LogP contribution in [0.4, 0.5) is 0 Å². The first kappa shape index (κ1) is 13.1. The molecule has 1 saturated heterocycles. The summed E-state index contributed by atoms with van der Waals surface area (Å²) < 4.78 is 5.46. The fourth-order valence-electron chi connectivity index (χ4n) is 3.38. The zero-order valence-corrected chi connectivity index (χ0v) is 11.9. The van der Waals surface area contributed by atoms with Crippen LogP contribution in [-0.4, -0.2) is 23.2 Å². The first-order valence-corrected chi connectivity index (χ1v) is 7.84. The number of nitrogens with one attached hydrogen (secondary N) is 1. The number of nitrogens with zero attached hydrogens (tertiary/aromatic N) is 2. The summed E-state index contributed by atoms with van der Waals surface area (Å²) in [5.41, 5.74) is 0. The van der Waals surface area contributed by atoms with Crippen LogP contribution in [0, 0.1) is 11.8 Å². The highest BCUT2D eigenvalue weighted by atomic mass is 16.5. The minimum absolute atomic E-state index is 0.540. The Bertz CT molecular complexity index is 390. The van der Waals surface area contributed by atoms with Crippen molar-refractivity contribution < 1.29 is 4.52 Å². The standard InChI is InChI=1S/C15H25N3O/c1-11-4-6-13(7-5-11)15-17-14(19-18-15)9-12-3-2-8-16-10-12/h11-13,16H,2-10H2,1H3. The molecule has 19 heavy (non-hydrogen) atoms. The molecule has 1 unspecified atom stereocenters. The summed E-state index contributed by atoms with van der Waals surface area (Å²) in [6, 6.07) is 0. The highest BCUT2D eigenvalue weighted by molar-refractivity contribution is 4.98. The second-order valence-electron chi connectivity index (χ2n) is 6.42. The van der Waals surface area contributed by atoms with Gasteiger partial charge in [-0.2, -0.15) is 4.98 Å². The monoisotopic (exact) mass is 263 g/mol. The van der Waals surface area contributed by atoms with Crippen LogP contribution in [0.2, 0.25) is 0 Å². The Kier molecular flexibility index (Phi) is 4.16. The van der Waals surface area contributed by atoms with E-state index in [9.17, 15) is 0 Å². The van der Waals surface area contributed by atoms with Gasteiger partial charge in [0.2, 0.25) is 5.89 Å². The fraction of sp³-hybridized carbons (Fsp3) is 0.867. The second kappa shape index (κ2) is 6.04. The first-order chi connectivity index (χ1) is 9.31. The van der Waals surface area contributed by atoms with Crippen molar-refractivity contribution in [3.8, 4) is 0 Å². The lowest BCUT2D eigenvalue weighted by Crippen LogP contribution is -2.30. The van der Waals surface area contributed by atoms with E-state index in [0.29, 0.717) is 11.8 Å². The lowest BCUT2D eigenvalue weighted by atomic mass is 9.83. The maximum Gasteiger partial charge on any atom is 0.226 e. The van der Waals surface area contributed by atoms with Crippen molar-refractivity contribution in [3.05, 3.63) is 11.7 Å². The summed E-state index contributed by atoms with van der Waals surface area (Å²) in [6.45, 7) is 4.60. The summed E-state index contributed by atoms with van der Waals surface area (Å²) in [4.78, 5) is 4.65. The molecule has 1 aromatic heterocycles. The summed E-state index contributed by atoms with van der Waals surface area (Å²) in [5, 5.41) is 7.66. The van der Waals surface area contributed by atoms with Crippen molar-refractivity contribution in [1.82, 2.24) is 15.5 Å². The Morgan fingerprint density at radius 1 is 1.21 bits per heavy atom. The molecule has 1 saturated carbocycles. The van der Waals surface area contributed by atoms with Gasteiger partial charge in [0.15, 0.2) is 5.82 Å². The van der Waals surface area contributed by atoms with Crippen LogP contribution in [0.15, 0.2) is 4.52 Å². The molecule has 106 valence electrons. The van der Waals surface area contributed by atoms with Gasteiger partial charge >= 0.3 is 0 Å². The minimum Gasteiger partial charge on any atom is -0.339 e. The molecule has 2 aliphatic rings. The van der Waals surface area contributed by atoms with E-state index < -0.39 is 0 Å². The smallest absolute Gasteiger partial charge is 0.226 e. The molecular weight excluding hydrogens is 238 g/mol. The van der Waals surface area contributed by atoms with Crippen molar-refractivity contribution in [3.63, 3.8) is 0 Å². The van der Waals surface area contributed by atoms with Gasteiger partial charge in [0.1, 0.15) is 0 Å². The lowest BCUT2D eigenvalue weighted by molar-refractivity contribution is 0.306. The molecule has 1 aliphatic carbocycles. The molecule has 0 radical (unpaired) electrons. The second-order valence-corrected chi connectivity index (χ2v) is 6.42. The summed E-state index contributed by atoms with van der Waals surface area (Å²) in [5.74, 6) is 3.90. The van der Waals surface area contributed by atoms with Crippen molar-refractivity contribution in [2.45, 2.75) is 57.8 Å². The van der Waals surface area contributed by atoms with Crippen LogP contribution in [0.25, 0.3) is 0 Å². The predicted molar refractivity (Wildman–Crippen MR) is 74.0 cm³/mol. The van der Waals surface area contributed by atoms with E-state index in [1.807, 2.05) is 0 Å². The van der Waals surface area contributed by atoms with Crippen LogP contribution < -0.4 is 5.32 Å². The number of rotatable bonds is 3. The van der Waals surface area contributed by atoms with E-state index in [1.54, 1.807) is 0 Å². The third-order valence-corrected chi connectivity index (χ3v) is 4.73. The van der Waals surface area contributed by atoms with Crippen LogP contribution >= 0.6 is 0 Å². The molecule has 0 amide bonds. The highest BCUT2D eigenvalue weighted by Crippen LogP contribution is 2.34. The highest BCUT2D eigenvalue weighted by Gasteiger charge is 2.24. The molecule has 0 bridgehead atoms. The van der Waals surface area contributed by atoms with Crippen molar-refractivity contribution in [2.24, 2.45) is 11.8 Å². The molecule has 2 heterocycles. The quantitative estimate of drug-likeness (QED) is 0.911. The van der Waals surface area contributed by atoms with Gasteiger partial charge in [-0.05, 0) is 50.6 Å². The minimum atomic E-state index is 0.540. The van der Waals surface area contributed by atoms with Crippen LogP contribution in [0.3, 0.4) is 0 Å². The summed E-state index contributed by atoms with van der Waals surface area (Å²) in [6.07, 6.45) is 8.57. The van der Waals surface area contributed by atoms with Gasteiger partial charge in [-0.15, -0.1) is 0 Å². The van der Waals surface area contributed by atoms with E-state index in [-0.39, 0.29) is 0 Å². The zero-order chi connectivity index (χ0) is 13.1. The lowest BCUT2D eigenvalue weighted by Gasteiger charge is -2.23. The van der Waals surface area contributed by atoms with Gasteiger partial charge in [-0.25, -0.2) is 0 Å². The Morgan fingerprint density at radius 2 is 2.05 bits per heavy atom. The number of aromatic nitrogens is 2. The first-order valence-electron chi connectivity index (χ1n) is 7.84. The molecule has 2 fully saturated rings. The summed E-state index contributed by atoms with van der Waals surface area (Å²) >= 11 is 0.